The van der Waals surface area contributed by atoms with Gasteiger partial charge in [-0.25, -0.2) is 9.78 Å². The fraction of sp³-hybridized carbons (Fsp3) is 0.312. The molecule has 29 heavy (non-hydrogen) atoms. The molecule has 0 aliphatic heterocycles. The Kier molecular flexibility index (Phi) is 6.41. The number of nitrogen functional groups attached to an aromatic ring is 1. The normalized spacial score (nSPS) is 12.3. The number of ether oxygens (including phenoxy) is 1. The van der Waals surface area contributed by atoms with Gasteiger partial charge in [-0.3, -0.25) is 14.9 Å². The second-order valence-electron chi connectivity index (χ2n) is 5.70. The smallest absolute Gasteiger partial charge is 0.418 e. The van der Waals surface area contributed by atoms with Crippen LogP contribution in [0.2, 0.25) is 0 Å². The number of nitrogens with two attached hydrogens (primary N) is 1. The van der Waals surface area contributed by atoms with Crippen LogP contribution in [0.3, 0.4) is 0 Å². The summed E-state index contributed by atoms with van der Waals surface area (Å²) < 4.78 is 44.5. The van der Waals surface area contributed by atoms with E-state index in [9.17, 15) is 32.9 Å². The number of rotatable bonds is 6. The summed E-state index contributed by atoms with van der Waals surface area (Å²) in [7, 11) is 0. The van der Waals surface area contributed by atoms with E-state index >= 15 is 0 Å². The molecule has 0 aliphatic rings. The molecule has 2 aromatic rings. The van der Waals surface area contributed by atoms with Crippen LogP contribution in [0.4, 0.5) is 29.7 Å². The maximum Gasteiger partial charge on any atom is 0.418 e. The molecule has 1 atom stereocenters. The van der Waals surface area contributed by atoms with Gasteiger partial charge in [-0.05, 0) is 19.4 Å². The van der Waals surface area contributed by atoms with Crippen molar-refractivity contribution < 1.29 is 32.4 Å². The lowest BCUT2D eigenvalue weighted by Crippen LogP contribution is -2.30. The first kappa shape index (κ1) is 22.1. The molecule has 0 saturated carbocycles. The van der Waals surface area contributed by atoms with Gasteiger partial charge in [-0.1, -0.05) is 18.3 Å². The number of non-ortho nitro benzene ring substituents is 1. The Morgan fingerprint density at radius 1 is 1.41 bits per heavy atom. The third kappa shape index (κ3) is 5.19. The molecule has 156 valence electrons. The zero-order valence-electron chi connectivity index (χ0n) is 15.1. The summed E-state index contributed by atoms with van der Waals surface area (Å²) in [4.78, 5) is 38.2. The SMILES string of the molecule is CCc1nc(N)sc1C(=O)O[C@H](C)C(=O)Nc1ccc([N+](=O)[O-])cc1C(F)(F)F. The summed E-state index contributed by atoms with van der Waals surface area (Å²) in [5.74, 6) is -1.94. The predicted molar refractivity (Wildman–Crippen MR) is 97.5 cm³/mol. The van der Waals surface area contributed by atoms with Crippen molar-refractivity contribution in [2.24, 2.45) is 0 Å². The van der Waals surface area contributed by atoms with E-state index in [2.05, 4.69) is 4.98 Å². The Morgan fingerprint density at radius 3 is 2.62 bits per heavy atom. The quantitative estimate of drug-likeness (QED) is 0.405. The molecule has 0 fully saturated rings. The topological polar surface area (TPSA) is 137 Å². The van der Waals surface area contributed by atoms with Gasteiger partial charge < -0.3 is 15.8 Å². The standard InChI is InChI=1S/C16H15F3N4O5S/c1-3-10-12(29-15(20)22-10)14(25)28-7(2)13(24)21-11-5-4-8(23(26)27)6-9(11)16(17,18)19/h4-7H,3H2,1-2H3,(H2,20,22)(H,21,24)/t7-/m1/s1. The predicted octanol–water partition coefficient (Wildman–Crippen LogP) is 3.40. The number of nitro benzene ring substituents is 1. The third-order valence-corrected chi connectivity index (χ3v) is 4.57. The van der Waals surface area contributed by atoms with Crippen LogP contribution >= 0.6 is 11.3 Å². The maximum atomic E-state index is 13.2. The number of aryl methyl sites for hydroxylation is 1. The molecule has 0 saturated heterocycles. The number of amides is 1. The maximum absolute atomic E-state index is 13.2. The van der Waals surface area contributed by atoms with E-state index in [0.717, 1.165) is 23.5 Å². The van der Waals surface area contributed by atoms with E-state index < -0.39 is 46.0 Å². The van der Waals surface area contributed by atoms with Gasteiger partial charge in [0.25, 0.3) is 11.6 Å². The largest absolute Gasteiger partial charge is 0.448 e. The lowest BCUT2D eigenvalue weighted by Gasteiger charge is -2.16. The van der Waals surface area contributed by atoms with E-state index in [0.29, 0.717) is 18.2 Å². The second-order valence-corrected chi connectivity index (χ2v) is 6.73. The van der Waals surface area contributed by atoms with Crippen molar-refractivity contribution in [1.29, 1.82) is 0 Å². The number of hydrogen-bond acceptors (Lipinski definition) is 8. The first-order valence-corrected chi connectivity index (χ1v) is 8.88. The molecule has 3 N–H and O–H groups in total. The van der Waals surface area contributed by atoms with Gasteiger partial charge in [-0.2, -0.15) is 13.2 Å². The number of thiazole rings is 1. The molecule has 1 aromatic heterocycles. The molecule has 0 radical (unpaired) electrons. The molecule has 13 heteroatoms. The first-order valence-electron chi connectivity index (χ1n) is 8.06. The third-order valence-electron chi connectivity index (χ3n) is 3.66. The molecule has 0 aliphatic carbocycles. The number of esters is 1. The van der Waals surface area contributed by atoms with Crippen LogP contribution in [0.5, 0.6) is 0 Å². The Hall–Kier alpha value is -3.22. The average Bonchev–Trinajstić information content (AvgIpc) is 3.01. The molecule has 0 bridgehead atoms. The van der Waals surface area contributed by atoms with Gasteiger partial charge in [-0.15, -0.1) is 0 Å². The molecule has 2 rings (SSSR count). The number of halogens is 3. The van der Waals surface area contributed by atoms with Crippen molar-refractivity contribution in [2.45, 2.75) is 32.5 Å². The van der Waals surface area contributed by atoms with Gasteiger partial charge in [0.1, 0.15) is 4.88 Å². The summed E-state index contributed by atoms with van der Waals surface area (Å²) in [5.41, 5.74) is 3.03. The highest BCUT2D eigenvalue weighted by Gasteiger charge is 2.36. The number of hydrogen-bond donors (Lipinski definition) is 2. The summed E-state index contributed by atoms with van der Waals surface area (Å²) in [6.07, 6.45) is -6.02. The van der Waals surface area contributed by atoms with Gasteiger partial charge in [0, 0.05) is 12.1 Å². The monoisotopic (exact) mass is 432 g/mol. The number of aromatic nitrogens is 1. The van der Waals surface area contributed by atoms with Gasteiger partial charge >= 0.3 is 12.1 Å². The van der Waals surface area contributed by atoms with Crippen molar-refractivity contribution >= 4 is 39.7 Å². The highest BCUT2D eigenvalue weighted by atomic mass is 32.1. The lowest BCUT2D eigenvalue weighted by molar-refractivity contribution is -0.385. The van der Waals surface area contributed by atoms with Crippen molar-refractivity contribution in [1.82, 2.24) is 4.98 Å². The number of nitrogens with one attached hydrogen (secondary N) is 1. The Bertz CT molecular complexity index is 961. The minimum absolute atomic E-state index is 0.0935. The summed E-state index contributed by atoms with van der Waals surface area (Å²) in [6.45, 7) is 2.90. The molecule has 0 unspecified atom stereocenters. The van der Waals surface area contributed by atoms with Gasteiger partial charge in [0.05, 0.1) is 21.9 Å². The number of carbonyl (C=O) groups excluding carboxylic acids is 2. The van der Waals surface area contributed by atoms with Gasteiger partial charge in [0.15, 0.2) is 11.2 Å². The van der Waals surface area contributed by atoms with Gasteiger partial charge in [0.2, 0.25) is 0 Å². The average molecular weight is 432 g/mol. The molecule has 0 spiro atoms. The van der Waals surface area contributed by atoms with Crippen molar-refractivity contribution in [3.63, 3.8) is 0 Å². The van der Waals surface area contributed by atoms with E-state index in [1.165, 1.54) is 6.92 Å². The van der Waals surface area contributed by atoms with E-state index in [1.54, 1.807) is 6.92 Å². The molecular weight excluding hydrogens is 417 g/mol. The fourth-order valence-electron chi connectivity index (χ4n) is 2.26. The zero-order chi connectivity index (χ0) is 21.9. The van der Waals surface area contributed by atoms with Crippen LogP contribution < -0.4 is 11.1 Å². The van der Waals surface area contributed by atoms with Crippen molar-refractivity contribution in [3.8, 4) is 0 Å². The number of anilines is 2. The minimum atomic E-state index is -4.95. The highest BCUT2D eigenvalue weighted by molar-refractivity contribution is 7.17. The Balaban J connectivity index is 2.19. The number of benzene rings is 1. The minimum Gasteiger partial charge on any atom is -0.448 e. The molecule has 1 heterocycles. The second kappa shape index (κ2) is 8.43. The number of alkyl halides is 3. The van der Waals surface area contributed by atoms with Crippen molar-refractivity contribution in [3.05, 3.63) is 44.4 Å². The van der Waals surface area contributed by atoms with Crippen LogP contribution in [0.1, 0.15) is 34.8 Å². The van der Waals surface area contributed by atoms with E-state index in [-0.39, 0.29) is 10.0 Å². The van der Waals surface area contributed by atoms with Crippen LogP contribution in [0.15, 0.2) is 18.2 Å². The fourth-order valence-corrected chi connectivity index (χ4v) is 3.06. The number of nitro groups is 1. The summed E-state index contributed by atoms with van der Waals surface area (Å²) >= 11 is 0.863. The van der Waals surface area contributed by atoms with Crippen LogP contribution in [-0.2, 0) is 22.1 Å². The zero-order valence-corrected chi connectivity index (χ0v) is 15.9. The number of nitrogens with zero attached hydrogens (tertiary/aromatic N) is 2. The van der Waals surface area contributed by atoms with Crippen LogP contribution in [-0.4, -0.2) is 27.9 Å². The number of carbonyl (C=O) groups is 2. The molecule has 1 amide bonds. The van der Waals surface area contributed by atoms with E-state index in [4.69, 9.17) is 10.5 Å². The lowest BCUT2D eigenvalue weighted by atomic mass is 10.1. The molecule has 9 nitrogen and oxygen atoms in total. The van der Waals surface area contributed by atoms with E-state index in [1.807, 2.05) is 5.32 Å². The van der Waals surface area contributed by atoms with Crippen molar-refractivity contribution in [2.75, 3.05) is 11.1 Å². The summed E-state index contributed by atoms with van der Waals surface area (Å²) in [6, 6.07) is 1.88. The molecular formula is C16H15F3N4O5S. The Morgan fingerprint density at radius 2 is 2.07 bits per heavy atom. The van der Waals surface area contributed by atoms with Crippen LogP contribution in [0.25, 0.3) is 0 Å². The molecule has 1 aromatic carbocycles. The summed E-state index contributed by atoms with van der Waals surface area (Å²) in [5, 5.41) is 12.8. The Labute approximate surface area is 165 Å². The first-order chi connectivity index (χ1) is 13.4. The van der Waals surface area contributed by atoms with Crippen LogP contribution in [0, 0.1) is 10.1 Å². The highest BCUT2D eigenvalue weighted by Crippen LogP contribution is 2.37.